The van der Waals surface area contributed by atoms with Crippen molar-refractivity contribution in [3.05, 3.63) is 89.2 Å². The van der Waals surface area contributed by atoms with Crippen LogP contribution >= 0.6 is 0 Å². The molecule has 1 aliphatic rings. The molecule has 170 valence electrons. The van der Waals surface area contributed by atoms with Crippen molar-refractivity contribution in [2.24, 2.45) is 5.41 Å². The van der Waals surface area contributed by atoms with Crippen LogP contribution in [-0.2, 0) is 9.59 Å². The molecule has 3 aromatic carbocycles. The van der Waals surface area contributed by atoms with Crippen LogP contribution in [0.25, 0.3) is 22.0 Å². The smallest absolute Gasteiger partial charge is 0.258 e. The van der Waals surface area contributed by atoms with E-state index < -0.39 is 17.1 Å². The van der Waals surface area contributed by atoms with Crippen molar-refractivity contribution >= 4 is 34.1 Å². The zero-order valence-corrected chi connectivity index (χ0v) is 18.1. The summed E-state index contributed by atoms with van der Waals surface area (Å²) in [6.45, 7) is 0. The van der Waals surface area contributed by atoms with Crippen molar-refractivity contribution in [1.82, 2.24) is 9.97 Å². The summed E-state index contributed by atoms with van der Waals surface area (Å²) in [5.74, 6) is -1.27. The summed E-state index contributed by atoms with van der Waals surface area (Å²) in [4.78, 5) is 44.6. The molecule has 1 aromatic heterocycles. The van der Waals surface area contributed by atoms with Crippen molar-refractivity contribution in [3.63, 3.8) is 0 Å². The van der Waals surface area contributed by atoms with Crippen molar-refractivity contribution < 1.29 is 14.0 Å². The van der Waals surface area contributed by atoms with E-state index >= 15 is 0 Å². The van der Waals surface area contributed by atoms with E-state index in [1.54, 1.807) is 24.3 Å². The quantitative estimate of drug-likeness (QED) is 0.385. The average molecular weight is 456 g/mol. The number of carbonyl (C=O) groups is 2. The number of nitrogens with one attached hydrogen (secondary N) is 3. The molecule has 1 aliphatic carbocycles. The second-order valence-electron chi connectivity index (χ2n) is 8.40. The lowest BCUT2D eigenvalue weighted by atomic mass is 9.67. The molecule has 0 radical (unpaired) electrons. The van der Waals surface area contributed by atoms with Gasteiger partial charge in [0.15, 0.2) is 0 Å². The van der Waals surface area contributed by atoms with E-state index in [0.29, 0.717) is 35.1 Å². The van der Waals surface area contributed by atoms with Gasteiger partial charge >= 0.3 is 0 Å². The number of amides is 2. The zero-order valence-electron chi connectivity index (χ0n) is 18.1. The number of benzene rings is 3. The van der Waals surface area contributed by atoms with Crippen LogP contribution in [0.5, 0.6) is 0 Å². The maximum atomic E-state index is 13.5. The monoisotopic (exact) mass is 456 g/mol. The highest BCUT2D eigenvalue weighted by Gasteiger charge is 2.50. The van der Waals surface area contributed by atoms with Crippen LogP contribution < -0.4 is 16.2 Å². The van der Waals surface area contributed by atoms with Gasteiger partial charge in [-0.05, 0) is 66.4 Å². The molecule has 0 unspecified atom stereocenters. The molecule has 4 aromatic rings. The van der Waals surface area contributed by atoms with Crippen molar-refractivity contribution in [1.29, 1.82) is 0 Å². The molecule has 34 heavy (non-hydrogen) atoms. The summed E-state index contributed by atoms with van der Waals surface area (Å²) in [5.41, 5.74) is 1.88. The fourth-order valence-electron chi connectivity index (χ4n) is 4.15. The first-order chi connectivity index (χ1) is 16.4. The fraction of sp³-hybridized carbons (Fsp3) is 0.154. The first-order valence-corrected chi connectivity index (χ1v) is 10.9. The zero-order chi connectivity index (χ0) is 23.7. The lowest BCUT2D eigenvalue weighted by Crippen LogP contribution is -2.50. The van der Waals surface area contributed by atoms with E-state index in [2.05, 4.69) is 20.6 Å². The molecule has 0 spiro atoms. The van der Waals surface area contributed by atoms with Gasteiger partial charge in [-0.25, -0.2) is 9.37 Å². The summed E-state index contributed by atoms with van der Waals surface area (Å²) in [7, 11) is 0. The summed E-state index contributed by atoms with van der Waals surface area (Å²) < 4.78 is 13.5. The lowest BCUT2D eigenvalue weighted by molar-refractivity contribution is -0.142. The third-order valence-corrected chi connectivity index (χ3v) is 6.28. The molecule has 8 heteroatoms. The van der Waals surface area contributed by atoms with Crippen molar-refractivity contribution in [2.75, 3.05) is 10.6 Å². The standard InChI is InChI=1S/C26H21FN4O3/c27-18-3-1-4-20(14-18)31-25(34)26(11-2-12-26)24(33)30-19-8-5-16(6-9-19)17-7-10-21-22(13-17)28-15-29-23(21)32/h1,3-10,13-15H,2,11-12H2,(H,30,33)(H,31,34)(H,28,29,32). The molecule has 1 heterocycles. The number of anilines is 2. The minimum absolute atomic E-state index is 0.194. The minimum Gasteiger partial charge on any atom is -0.325 e. The Labute approximate surface area is 194 Å². The highest BCUT2D eigenvalue weighted by molar-refractivity contribution is 6.15. The topological polar surface area (TPSA) is 104 Å². The molecule has 0 aliphatic heterocycles. The Hall–Kier alpha value is -4.33. The van der Waals surface area contributed by atoms with Gasteiger partial charge in [0.2, 0.25) is 11.8 Å². The molecule has 0 atom stereocenters. The number of halogens is 1. The van der Waals surface area contributed by atoms with Gasteiger partial charge in [-0.1, -0.05) is 30.7 Å². The van der Waals surface area contributed by atoms with Gasteiger partial charge < -0.3 is 15.6 Å². The Bertz CT molecular complexity index is 1460. The van der Waals surface area contributed by atoms with Crippen molar-refractivity contribution in [3.8, 4) is 11.1 Å². The normalized spacial score (nSPS) is 14.3. The predicted octanol–water partition coefficient (Wildman–Crippen LogP) is 4.48. The highest BCUT2D eigenvalue weighted by atomic mass is 19.1. The maximum Gasteiger partial charge on any atom is 0.258 e. The third kappa shape index (κ3) is 3.94. The average Bonchev–Trinajstić information content (AvgIpc) is 2.79. The van der Waals surface area contributed by atoms with Gasteiger partial charge in [0.1, 0.15) is 11.2 Å². The second-order valence-corrected chi connectivity index (χ2v) is 8.40. The molecule has 3 N–H and O–H groups in total. The van der Waals surface area contributed by atoms with E-state index in [1.807, 2.05) is 24.3 Å². The van der Waals surface area contributed by atoms with E-state index in [9.17, 15) is 18.8 Å². The third-order valence-electron chi connectivity index (χ3n) is 6.28. The van der Waals surface area contributed by atoms with Crippen LogP contribution in [0.4, 0.5) is 15.8 Å². The first-order valence-electron chi connectivity index (χ1n) is 10.9. The molecule has 2 amide bonds. The van der Waals surface area contributed by atoms with Gasteiger partial charge in [-0.15, -0.1) is 0 Å². The number of fused-ring (bicyclic) bond motifs is 1. The van der Waals surface area contributed by atoms with Crippen molar-refractivity contribution in [2.45, 2.75) is 19.3 Å². The highest BCUT2D eigenvalue weighted by Crippen LogP contribution is 2.43. The number of nitrogens with zero attached hydrogens (tertiary/aromatic N) is 1. The number of rotatable bonds is 5. The van der Waals surface area contributed by atoms with Crippen LogP contribution in [0.3, 0.4) is 0 Å². The maximum absolute atomic E-state index is 13.5. The molecule has 7 nitrogen and oxygen atoms in total. The number of hydrogen-bond donors (Lipinski definition) is 3. The minimum atomic E-state index is -1.18. The fourth-order valence-corrected chi connectivity index (χ4v) is 4.15. The van der Waals surface area contributed by atoms with Crippen LogP contribution in [0, 0.1) is 11.2 Å². The van der Waals surface area contributed by atoms with E-state index in [4.69, 9.17) is 0 Å². The van der Waals surface area contributed by atoms with Gasteiger partial charge in [0.05, 0.1) is 17.2 Å². The summed E-state index contributed by atoms with van der Waals surface area (Å²) in [5, 5.41) is 6.03. The van der Waals surface area contributed by atoms with Gasteiger partial charge in [0.25, 0.3) is 5.56 Å². The van der Waals surface area contributed by atoms with E-state index in [0.717, 1.165) is 17.5 Å². The molecule has 1 fully saturated rings. The number of hydrogen-bond acceptors (Lipinski definition) is 4. The number of aromatic amines is 1. The number of H-pyrrole nitrogens is 1. The van der Waals surface area contributed by atoms with Crippen LogP contribution in [0.1, 0.15) is 19.3 Å². The predicted molar refractivity (Wildman–Crippen MR) is 128 cm³/mol. The van der Waals surface area contributed by atoms with Gasteiger partial charge in [-0.2, -0.15) is 0 Å². The Morgan fingerprint density at radius 3 is 2.26 bits per heavy atom. The molecule has 0 saturated heterocycles. The SMILES string of the molecule is O=C(Nc1ccc(-c2ccc3c(=O)[nH]cnc3c2)cc1)C1(C(=O)Nc2cccc(F)c2)CCC1. The number of aromatic nitrogens is 2. The summed E-state index contributed by atoms with van der Waals surface area (Å²) in [6.07, 6.45) is 3.00. The Morgan fingerprint density at radius 1 is 0.882 bits per heavy atom. The molecular weight excluding hydrogens is 435 g/mol. The van der Waals surface area contributed by atoms with Gasteiger partial charge in [-0.3, -0.25) is 14.4 Å². The van der Waals surface area contributed by atoms with Crippen LogP contribution in [0.15, 0.2) is 77.9 Å². The van der Waals surface area contributed by atoms with Crippen LogP contribution in [-0.4, -0.2) is 21.8 Å². The molecule has 1 saturated carbocycles. The molecular formula is C26H21FN4O3. The van der Waals surface area contributed by atoms with E-state index in [-0.39, 0.29) is 11.5 Å². The molecule has 0 bridgehead atoms. The van der Waals surface area contributed by atoms with E-state index in [1.165, 1.54) is 24.5 Å². The lowest BCUT2D eigenvalue weighted by Gasteiger charge is -2.38. The molecule has 5 rings (SSSR count). The Balaban J connectivity index is 1.31. The second kappa shape index (κ2) is 8.55. The van der Waals surface area contributed by atoms with Crippen LogP contribution in [0.2, 0.25) is 0 Å². The summed E-state index contributed by atoms with van der Waals surface area (Å²) in [6, 6.07) is 18.2. The Kier molecular flexibility index (Phi) is 5.41. The largest absolute Gasteiger partial charge is 0.325 e. The number of carbonyl (C=O) groups excluding carboxylic acids is 2. The van der Waals surface area contributed by atoms with Gasteiger partial charge in [0, 0.05) is 11.4 Å². The summed E-state index contributed by atoms with van der Waals surface area (Å²) >= 11 is 0. The first kappa shape index (κ1) is 21.5. The Morgan fingerprint density at radius 2 is 1.59 bits per heavy atom.